The van der Waals surface area contributed by atoms with Gasteiger partial charge < -0.3 is 15.6 Å². The minimum Gasteiger partial charge on any atom is -0.504 e. The molecular formula is C10H12F3NO2. The fraction of sp³-hybridized carbons (Fsp3) is 0.400. The Labute approximate surface area is 90.6 Å². The predicted molar refractivity (Wildman–Crippen MR) is 52.4 cm³/mol. The van der Waals surface area contributed by atoms with Crippen molar-refractivity contribution in [3.63, 3.8) is 0 Å². The van der Waals surface area contributed by atoms with E-state index in [1.807, 2.05) is 0 Å². The third-order valence-electron chi connectivity index (χ3n) is 2.17. The van der Waals surface area contributed by atoms with E-state index in [1.165, 1.54) is 7.11 Å². The third kappa shape index (κ3) is 2.38. The molecule has 0 amide bonds. The highest BCUT2D eigenvalue weighted by Gasteiger charge is 2.34. The summed E-state index contributed by atoms with van der Waals surface area (Å²) >= 11 is 0. The van der Waals surface area contributed by atoms with Crippen LogP contribution in [0.2, 0.25) is 0 Å². The molecule has 0 radical (unpaired) electrons. The Bertz CT molecular complexity index is 377. The van der Waals surface area contributed by atoms with E-state index >= 15 is 0 Å². The first-order chi connectivity index (χ1) is 7.41. The Morgan fingerprint density at radius 2 is 2.00 bits per heavy atom. The van der Waals surface area contributed by atoms with Crippen molar-refractivity contribution in [1.82, 2.24) is 0 Å². The molecule has 1 rings (SSSR count). The molecule has 0 aromatic heterocycles. The third-order valence-corrected chi connectivity index (χ3v) is 2.17. The van der Waals surface area contributed by atoms with Crippen LogP contribution < -0.4 is 10.5 Å². The number of hydrogen-bond acceptors (Lipinski definition) is 3. The fourth-order valence-corrected chi connectivity index (χ4v) is 1.44. The van der Waals surface area contributed by atoms with Gasteiger partial charge in [-0.05, 0) is 25.1 Å². The fourth-order valence-electron chi connectivity index (χ4n) is 1.44. The Balaban J connectivity index is 3.34. The molecule has 0 atom stereocenters. The van der Waals surface area contributed by atoms with Gasteiger partial charge in [0.2, 0.25) is 0 Å². The summed E-state index contributed by atoms with van der Waals surface area (Å²) < 4.78 is 42.5. The molecular weight excluding hydrogens is 223 g/mol. The van der Waals surface area contributed by atoms with E-state index in [2.05, 4.69) is 0 Å². The molecule has 0 spiro atoms. The topological polar surface area (TPSA) is 55.5 Å². The van der Waals surface area contributed by atoms with Crippen molar-refractivity contribution in [3.8, 4) is 11.5 Å². The second-order valence-corrected chi connectivity index (χ2v) is 3.18. The Kier molecular flexibility index (Phi) is 3.64. The lowest BCUT2D eigenvalue weighted by Crippen LogP contribution is -2.13. The van der Waals surface area contributed by atoms with Crippen molar-refractivity contribution in [3.05, 3.63) is 23.3 Å². The van der Waals surface area contributed by atoms with E-state index in [-0.39, 0.29) is 24.3 Å². The average Bonchev–Trinajstić information content (AvgIpc) is 2.19. The van der Waals surface area contributed by atoms with Gasteiger partial charge in [0.25, 0.3) is 0 Å². The number of benzene rings is 1. The average molecular weight is 235 g/mol. The van der Waals surface area contributed by atoms with Gasteiger partial charge in [-0.2, -0.15) is 13.2 Å². The number of phenolic OH excluding ortho intramolecular Hbond substituents is 1. The van der Waals surface area contributed by atoms with E-state index < -0.39 is 17.5 Å². The van der Waals surface area contributed by atoms with Gasteiger partial charge in [0.1, 0.15) is 0 Å². The number of nitrogens with two attached hydrogens (primary N) is 1. The molecule has 1 aromatic carbocycles. The minimum atomic E-state index is -4.51. The largest absolute Gasteiger partial charge is 0.504 e. The SMILES string of the molecule is COc1ccc(C(F)(F)F)c(CCN)c1O. The maximum atomic E-state index is 12.6. The van der Waals surface area contributed by atoms with Crippen LogP contribution in [-0.4, -0.2) is 18.8 Å². The zero-order valence-electron chi connectivity index (χ0n) is 8.64. The van der Waals surface area contributed by atoms with E-state index in [0.29, 0.717) is 0 Å². The maximum absolute atomic E-state index is 12.6. The van der Waals surface area contributed by atoms with Crippen molar-refractivity contribution in [2.75, 3.05) is 13.7 Å². The van der Waals surface area contributed by atoms with E-state index in [4.69, 9.17) is 10.5 Å². The quantitative estimate of drug-likeness (QED) is 0.841. The van der Waals surface area contributed by atoms with Crippen LogP contribution in [0.15, 0.2) is 12.1 Å². The molecule has 16 heavy (non-hydrogen) atoms. The van der Waals surface area contributed by atoms with Crippen molar-refractivity contribution in [1.29, 1.82) is 0 Å². The van der Waals surface area contributed by atoms with Crippen molar-refractivity contribution in [2.24, 2.45) is 5.73 Å². The lowest BCUT2D eigenvalue weighted by molar-refractivity contribution is -0.138. The summed E-state index contributed by atoms with van der Waals surface area (Å²) in [5.74, 6) is -0.487. The Hall–Kier alpha value is -1.43. The number of hydrogen-bond donors (Lipinski definition) is 2. The van der Waals surface area contributed by atoms with Crippen LogP contribution in [0.1, 0.15) is 11.1 Å². The van der Waals surface area contributed by atoms with Gasteiger partial charge in [-0.25, -0.2) is 0 Å². The molecule has 0 bridgehead atoms. The van der Waals surface area contributed by atoms with Gasteiger partial charge in [-0.3, -0.25) is 0 Å². The molecule has 3 N–H and O–H groups in total. The van der Waals surface area contributed by atoms with Crippen LogP contribution in [0.3, 0.4) is 0 Å². The van der Waals surface area contributed by atoms with Crippen LogP contribution in [-0.2, 0) is 12.6 Å². The highest BCUT2D eigenvalue weighted by molar-refractivity contribution is 5.50. The number of phenols is 1. The molecule has 0 aliphatic rings. The highest BCUT2D eigenvalue weighted by atomic mass is 19.4. The first-order valence-electron chi connectivity index (χ1n) is 4.58. The summed E-state index contributed by atoms with van der Waals surface area (Å²) in [5, 5.41) is 9.58. The molecule has 0 aliphatic carbocycles. The van der Waals surface area contributed by atoms with Crippen LogP contribution in [0.4, 0.5) is 13.2 Å². The minimum absolute atomic E-state index is 0.0106. The Morgan fingerprint density at radius 3 is 2.44 bits per heavy atom. The molecule has 0 aliphatic heterocycles. The van der Waals surface area contributed by atoms with E-state index in [9.17, 15) is 18.3 Å². The highest BCUT2D eigenvalue weighted by Crippen LogP contribution is 2.40. The lowest BCUT2D eigenvalue weighted by atomic mass is 10.0. The van der Waals surface area contributed by atoms with Gasteiger partial charge in [-0.15, -0.1) is 0 Å². The first-order valence-corrected chi connectivity index (χ1v) is 4.58. The predicted octanol–water partition coefficient (Wildman–Crippen LogP) is 1.92. The summed E-state index contributed by atoms with van der Waals surface area (Å²) in [5.41, 5.74) is 4.11. The second kappa shape index (κ2) is 4.61. The molecule has 3 nitrogen and oxygen atoms in total. The van der Waals surface area contributed by atoms with Crippen molar-refractivity contribution >= 4 is 0 Å². The molecule has 0 saturated heterocycles. The lowest BCUT2D eigenvalue weighted by Gasteiger charge is -2.15. The van der Waals surface area contributed by atoms with Gasteiger partial charge >= 0.3 is 6.18 Å². The van der Waals surface area contributed by atoms with Gasteiger partial charge in [0.05, 0.1) is 12.7 Å². The first kappa shape index (κ1) is 12.6. The van der Waals surface area contributed by atoms with Crippen LogP contribution >= 0.6 is 0 Å². The monoisotopic (exact) mass is 235 g/mol. The van der Waals surface area contributed by atoms with Crippen LogP contribution in [0.25, 0.3) is 0 Å². The number of aromatic hydroxyl groups is 1. The number of rotatable bonds is 3. The molecule has 0 fully saturated rings. The van der Waals surface area contributed by atoms with Gasteiger partial charge in [0, 0.05) is 5.56 Å². The van der Waals surface area contributed by atoms with Gasteiger partial charge in [-0.1, -0.05) is 0 Å². The van der Waals surface area contributed by atoms with Gasteiger partial charge in [0.15, 0.2) is 11.5 Å². The molecule has 90 valence electrons. The molecule has 0 unspecified atom stereocenters. The normalized spacial score (nSPS) is 11.6. The van der Waals surface area contributed by atoms with E-state index in [0.717, 1.165) is 12.1 Å². The second-order valence-electron chi connectivity index (χ2n) is 3.18. The number of ether oxygens (including phenoxy) is 1. The van der Waals surface area contributed by atoms with Crippen LogP contribution in [0.5, 0.6) is 11.5 Å². The maximum Gasteiger partial charge on any atom is 0.416 e. The zero-order chi connectivity index (χ0) is 12.3. The summed E-state index contributed by atoms with van der Waals surface area (Å²) in [6, 6.07) is 1.96. The summed E-state index contributed by atoms with van der Waals surface area (Å²) in [4.78, 5) is 0. The zero-order valence-corrected chi connectivity index (χ0v) is 8.64. The van der Waals surface area contributed by atoms with Crippen molar-refractivity contribution < 1.29 is 23.0 Å². The van der Waals surface area contributed by atoms with Crippen LogP contribution in [0, 0.1) is 0 Å². The molecule has 1 aromatic rings. The Morgan fingerprint density at radius 1 is 1.38 bits per heavy atom. The molecule has 6 heteroatoms. The van der Waals surface area contributed by atoms with E-state index in [1.54, 1.807) is 0 Å². The molecule has 0 saturated carbocycles. The smallest absolute Gasteiger partial charge is 0.416 e. The number of methoxy groups -OCH3 is 1. The summed E-state index contributed by atoms with van der Waals surface area (Å²) in [7, 11) is 1.27. The molecule has 0 heterocycles. The summed E-state index contributed by atoms with van der Waals surface area (Å²) in [6.07, 6.45) is -4.56. The number of alkyl halides is 3. The van der Waals surface area contributed by atoms with Crippen molar-refractivity contribution in [2.45, 2.75) is 12.6 Å². The summed E-state index contributed by atoms with van der Waals surface area (Å²) in [6.45, 7) is 0.0177. The standard InChI is InChI=1S/C10H12F3NO2/c1-16-8-3-2-7(10(11,12)13)6(4-5-14)9(8)15/h2-3,15H,4-5,14H2,1H3. The number of halogens is 3.